The molecular formula is C10H10FN3O. The second kappa shape index (κ2) is 3.68. The highest BCUT2D eigenvalue weighted by Gasteiger charge is 2.14. The molecule has 0 saturated heterocycles. The van der Waals surface area contributed by atoms with Crippen molar-refractivity contribution in [3.63, 3.8) is 0 Å². The van der Waals surface area contributed by atoms with Crippen molar-refractivity contribution < 1.29 is 9.13 Å². The number of ether oxygens (including phenoxy) is 1. The number of hydrogen-bond donors (Lipinski definition) is 0. The standard InChI is InChI=1S/C10H10FN3O/c1-14-6-12-10(13-14)9-7(11)4-3-5-8(9)15-2/h3-6H,1-2H3. The molecule has 2 rings (SSSR count). The van der Waals surface area contributed by atoms with E-state index in [0.29, 0.717) is 17.1 Å². The molecule has 1 heterocycles. The minimum Gasteiger partial charge on any atom is -0.496 e. The molecule has 5 heteroatoms. The van der Waals surface area contributed by atoms with Gasteiger partial charge in [0.25, 0.3) is 0 Å². The third-order valence-corrected chi connectivity index (χ3v) is 2.02. The average Bonchev–Trinajstić information content (AvgIpc) is 2.64. The zero-order valence-electron chi connectivity index (χ0n) is 8.44. The van der Waals surface area contributed by atoms with Crippen LogP contribution in [0.25, 0.3) is 11.4 Å². The van der Waals surface area contributed by atoms with Crippen molar-refractivity contribution >= 4 is 0 Å². The summed E-state index contributed by atoms with van der Waals surface area (Å²) < 4.78 is 20.1. The van der Waals surface area contributed by atoms with Crippen molar-refractivity contribution in [3.8, 4) is 17.1 Å². The SMILES string of the molecule is COc1cccc(F)c1-c1ncn(C)n1. The lowest BCUT2D eigenvalue weighted by Gasteiger charge is -2.05. The molecule has 0 atom stereocenters. The molecule has 78 valence electrons. The van der Waals surface area contributed by atoms with Gasteiger partial charge in [-0.2, -0.15) is 5.10 Å². The fraction of sp³-hybridized carbons (Fsp3) is 0.200. The highest BCUT2D eigenvalue weighted by Crippen LogP contribution is 2.29. The Kier molecular flexibility index (Phi) is 2.37. The molecule has 0 bridgehead atoms. The zero-order valence-corrected chi connectivity index (χ0v) is 8.44. The van der Waals surface area contributed by atoms with E-state index in [2.05, 4.69) is 10.1 Å². The maximum atomic E-state index is 13.6. The van der Waals surface area contributed by atoms with Crippen molar-refractivity contribution in [3.05, 3.63) is 30.3 Å². The van der Waals surface area contributed by atoms with Crippen molar-refractivity contribution in [2.75, 3.05) is 7.11 Å². The second-order valence-electron chi connectivity index (χ2n) is 3.06. The Hall–Kier alpha value is -1.91. The molecule has 0 spiro atoms. The summed E-state index contributed by atoms with van der Waals surface area (Å²) in [5, 5.41) is 4.04. The van der Waals surface area contributed by atoms with Gasteiger partial charge in [-0.1, -0.05) is 6.07 Å². The Balaban J connectivity index is 2.60. The van der Waals surface area contributed by atoms with E-state index in [1.807, 2.05) is 0 Å². The molecule has 15 heavy (non-hydrogen) atoms. The predicted octanol–water partition coefficient (Wildman–Crippen LogP) is 1.63. The number of nitrogens with zero attached hydrogens (tertiary/aromatic N) is 3. The molecule has 0 fully saturated rings. The molecule has 4 nitrogen and oxygen atoms in total. The Morgan fingerprint density at radius 3 is 2.80 bits per heavy atom. The summed E-state index contributed by atoms with van der Waals surface area (Å²) in [5.74, 6) is 0.370. The molecule has 0 amide bonds. The van der Waals surface area contributed by atoms with Crippen LogP contribution >= 0.6 is 0 Å². The first-order chi connectivity index (χ1) is 7.22. The van der Waals surface area contributed by atoms with Crippen LogP contribution in [0.1, 0.15) is 0 Å². The van der Waals surface area contributed by atoms with Crippen molar-refractivity contribution in [1.82, 2.24) is 14.8 Å². The number of benzene rings is 1. The largest absolute Gasteiger partial charge is 0.496 e. The molecule has 0 aliphatic carbocycles. The topological polar surface area (TPSA) is 39.9 Å². The van der Waals surface area contributed by atoms with Gasteiger partial charge in [0.15, 0.2) is 5.82 Å². The zero-order chi connectivity index (χ0) is 10.8. The summed E-state index contributed by atoms with van der Waals surface area (Å²) in [6.07, 6.45) is 1.52. The molecular weight excluding hydrogens is 197 g/mol. The summed E-state index contributed by atoms with van der Waals surface area (Å²) in [6.45, 7) is 0. The molecule has 0 saturated carbocycles. The number of rotatable bonds is 2. The van der Waals surface area contributed by atoms with Gasteiger partial charge in [0, 0.05) is 7.05 Å². The second-order valence-corrected chi connectivity index (χ2v) is 3.06. The van der Waals surface area contributed by atoms with Gasteiger partial charge in [-0.3, -0.25) is 4.68 Å². The maximum Gasteiger partial charge on any atom is 0.187 e. The van der Waals surface area contributed by atoms with Crippen LogP contribution in [0.5, 0.6) is 5.75 Å². The van der Waals surface area contributed by atoms with Crippen LogP contribution in [0.3, 0.4) is 0 Å². The molecule has 0 aliphatic rings. The monoisotopic (exact) mass is 207 g/mol. The summed E-state index contributed by atoms with van der Waals surface area (Å²) >= 11 is 0. The summed E-state index contributed by atoms with van der Waals surface area (Å²) in [4.78, 5) is 3.99. The van der Waals surface area contributed by atoms with Crippen LogP contribution < -0.4 is 4.74 Å². The van der Waals surface area contributed by atoms with Crippen molar-refractivity contribution in [2.45, 2.75) is 0 Å². The highest BCUT2D eigenvalue weighted by atomic mass is 19.1. The van der Waals surface area contributed by atoms with Gasteiger partial charge >= 0.3 is 0 Å². The smallest absolute Gasteiger partial charge is 0.187 e. The quantitative estimate of drug-likeness (QED) is 0.751. The summed E-state index contributed by atoms with van der Waals surface area (Å²) in [7, 11) is 3.21. The van der Waals surface area contributed by atoms with Gasteiger partial charge in [-0.25, -0.2) is 9.37 Å². The predicted molar refractivity (Wildman–Crippen MR) is 52.9 cm³/mol. The molecule has 1 aromatic heterocycles. The average molecular weight is 207 g/mol. The minimum atomic E-state index is -0.388. The molecule has 0 aliphatic heterocycles. The van der Waals surface area contributed by atoms with E-state index in [1.54, 1.807) is 19.2 Å². The lowest BCUT2D eigenvalue weighted by atomic mass is 10.2. The van der Waals surface area contributed by atoms with Gasteiger partial charge in [-0.15, -0.1) is 0 Å². The molecule has 0 radical (unpaired) electrons. The van der Waals surface area contributed by atoms with Crippen LogP contribution in [0.2, 0.25) is 0 Å². The van der Waals surface area contributed by atoms with E-state index in [-0.39, 0.29) is 5.82 Å². The minimum absolute atomic E-state index is 0.292. The van der Waals surface area contributed by atoms with Gasteiger partial charge in [-0.05, 0) is 12.1 Å². The van der Waals surface area contributed by atoms with E-state index in [1.165, 1.54) is 24.2 Å². The van der Waals surface area contributed by atoms with Gasteiger partial charge in [0.2, 0.25) is 0 Å². The van der Waals surface area contributed by atoms with Crippen LogP contribution in [0.15, 0.2) is 24.5 Å². The van der Waals surface area contributed by atoms with E-state index in [4.69, 9.17) is 4.74 Å². The first-order valence-corrected chi connectivity index (χ1v) is 4.41. The summed E-state index contributed by atoms with van der Waals surface area (Å²) in [5.41, 5.74) is 0.292. The Morgan fingerprint density at radius 1 is 1.40 bits per heavy atom. The number of halogens is 1. The van der Waals surface area contributed by atoms with Crippen molar-refractivity contribution in [1.29, 1.82) is 0 Å². The van der Waals surface area contributed by atoms with Crippen molar-refractivity contribution in [2.24, 2.45) is 7.05 Å². The van der Waals surface area contributed by atoms with E-state index in [9.17, 15) is 4.39 Å². The highest BCUT2D eigenvalue weighted by molar-refractivity contribution is 5.64. The molecule has 0 N–H and O–H groups in total. The lowest BCUT2D eigenvalue weighted by molar-refractivity contribution is 0.413. The molecule has 0 unspecified atom stereocenters. The van der Waals surface area contributed by atoms with Gasteiger partial charge in [0.1, 0.15) is 17.9 Å². The number of aromatic nitrogens is 3. The Bertz CT molecular complexity index is 481. The van der Waals surface area contributed by atoms with Crippen LogP contribution in [-0.4, -0.2) is 21.9 Å². The molecule has 2 aromatic rings. The number of methoxy groups -OCH3 is 1. The Morgan fingerprint density at radius 2 is 2.20 bits per heavy atom. The third kappa shape index (κ3) is 1.68. The Labute approximate surface area is 86.3 Å². The normalized spacial score (nSPS) is 10.3. The first-order valence-electron chi connectivity index (χ1n) is 4.41. The summed E-state index contributed by atoms with van der Waals surface area (Å²) in [6, 6.07) is 4.61. The van der Waals surface area contributed by atoms with Crippen LogP contribution in [-0.2, 0) is 7.05 Å². The lowest BCUT2D eigenvalue weighted by Crippen LogP contribution is -1.94. The number of hydrogen-bond acceptors (Lipinski definition) is 3. The van der Waals surface area contributed by atoms with E-state index >= 15 is 0 Å². The number of aryl methyl sites for hydroxylation is 1. The van der Waals surface area contributed by atoms with E-state index in [0.717, 1.165) is 0 Å². The van der Waals surface area contributed by atoms with Gasteiger partial charge < -0.3 is 4.74 Å². The first kappa shape index (κ1) is 9.64. The fourth-order valence-corrected chi connectivity index (χ4v) is 1.35. The third-order valence-electron chi connectivity index (χ3n) is 2.02. The maximum absolute atomic E-state index is 13.6. The van der Waals surface area contributed by atoms with Crippen LogP contribution in [0.4, 0.5) is 4.39 Å². The van der Waals surface area contributed by atoms with E-state index < -0.39 is 0 Å². The fourth-order valence-electron chi connectivity index (χ4n) is 1.35. The van der Waals surface area contributed by atoms with Gasteiger partial charge in [0.05, 0.1) is 12.7 Å². The van der Waals surface area contributed by atoms with Crippen LogP contribution in [0, 0.1) is 5.82 Å². The molecule has 1 aromatic carbocycles.